The van der Waals surface area contributed by atoms with Gasteiger partial charge in [-0.2, -0.15) is 11.8 Å². The number of methoxy groups -OCH3 is 1. The van der Waals surface area contributed by atoms with E-state index in [2.05, 4.69) is 11.6 Å². The van der Waals surface area contributed by atoms with Gasteiger partial charge in [-0.05, 0) is 30.9 Å². The van der Waals surface area contributed by atoms with Gasteiger partial charge < -0.3 is 15.8 Å². The van der Waals surface area contributed by atoms with Crippen LogP contribution in [0.2, 0.25) is 0 Å². The van der Waals surface area contributed by atoms with Crippen LogP contribution >= 0.6 is 11.8 Å². The summed E-state index contributed by atoms with van der Waals surface area (Å²) in [6.45, 7) is 0.992. The number of hydrogen-bond donors (Lipinski definition) is 2. The van der Waals surface area contributed by atoms with E-state index in [1.165, 1.54) is 31.4 Å². The molecule has 0 aliphatic heterocycles. The number of nitrogen functional groups attached to an aromatic ring is 1. The Morgan fingerprint density at radius 1 is 1.17 bits per heavy atom. The van der Waals surface area contributed by atoms with Gasteiger partial charge in [0.2, 0.25) is 0 Å². The van der Waals surface area contributed by atoms with E-state index < -0.39 is 0 Å². The van der Waals surface area contributed by atoms with Crippen LogP contribution in [0.4, 0.5) is 11.4 Å². The van der Waals surface area contributed by atoms with Crippen LogP contribution in [0.1, 0.15) is 25.7 Å². The summed E-state index contributed by atoms with van der Waals surface area (Å²) in [7, 11) is 1.66. The number of hydrogen-bond acceptors (Lipinski definition) is 4. The largest absolute Gasteiger partial charge is 0.497 e. The average molecular weight is 268 g/mol. The van der Waals surface area contributed by atoms with Crippen LogP contribution in [0.25, 0.3) is 0 Å². The monoisotopic (exact) mass is 268 g/mol. The van der Waals surface area contributed by atoms with Crippen LogP contribution in [0, 0.1) is 0 Å². The summed E-state index contributed by atoms with van der Waals surface area (Å²) < 4.78 is 5.19. The molecule has 0 spiro atoms. The Kier molecular flexibility index (Phi) is 7.49. The Bertz CT molecular complexity index is 345. The second-order valence-electron chi connectivity index (χ2n) is 4.33. The lowest BCUT2D eigenvalue weighted by Crippen LogP contribution is -2.02. The topological polar surface area (TPSA) is 47.3 Å². The van der Waals surface area contributed by atoms with E-state index in [1.807, 2.05) is 30.0 Å². The molecule has 0 radical (unpaired) electrons. The molecule has 18 heavy (non-hydrogen) atoms. The van der Waals surface area contributed by atoms with Crippen molar-refractivity contribution in [1.82, 2.24) is 0 Å². The Labute approximate surface area is 114 Å². The van der Waals surface area contributed by atoms with Gasteiger partial charge in [0.05, 0.1) is 7.11 Å². The zero-order valence-electron chi connectivity index (χ0n) is 11.4. The van der Waals surface area contributed by atoms with Gasteiger partial charge in [-0.1, -0.05) is 12.8 Å². The smallest absolute Gasteiger partial charge is 0.122 e. The van der Waals surface area contributed by atoms with Gasteiger partial charge >= 0.3 is 0 Å². The second-order valence-corrected chi connectivity index (χ2v) is 5.31. The molecule has 0 bridgehead atoms. The van der Waals surface area contributed by atoms with E-state index in [0.717, 1.165) is 23.7 Å². The minimum atomic E-state index is 0.733. The van der Waals surface area contributed by atoms with Crippen LogP contribution in [0.15, 0.2) is 18.2 Å². The van der Waals surface area contributed by atoms with Gasteiger partial charge in [0, 0.05) is 30.1 Å². The highest BCUT2D eigenvalue weighted by molar-refractivity contribution is 7.98. The van der Waals surface area contributed by atoms with Crippen LogP contribution < -0.4 is 15.8 Å². The molecule has 0 fully saturated rings. The summed E-state index contributed by atoms with van der Waals surface area (Å²) in [4.78, 5) is 0. The number of nitrogens with two attached hydrogens (primary N) is 1. The van der Waals surface area contributed by atoms with Crippen molar-refractivity contribution in [1.29, 1.82) is 0 Å². The number of thioether (sulfide) groups is 1. The van der Waals surface area contributed by atoms with Crippen molar-refractivity contribution in [2.24, 2.45) is 0 Å². The molecule has 1 aromatic rings. The highest BCUT2D eigenvalue weighted by Gasteiger charge is 1.98. The van der Waals surface area contributed by atoms with Crippen molar-refractivity contribution in [3.8, 4) is 5.75 Å². The maximum atomic E-state index is 5.80. The molecule has 0 amide bonds. The van der Waals surface area contributed by atoms with Crippen molar-refractivity contribution >= 4 is 23.1 Å². The van der Waals surface area contributed by atoms with Crippen molar-refractivity contribution < 1.29 is 4.74 Å². The fraction of sp³-hybridized carbons (Fsp3) is 0.571. The van der Waals surface area contributed by atoms with Crippen LogP contribution in [-0.2, 0) is 0 Å². The lowest BCUT2D eigenvalue weighted by molar-refractivity contribution is 0.415. The molecule has 0 heterocycles. The standard InChI is InChI=1S/C14H24N2OS/c1-17-14-10-12(15)9-13(11-14)16-7-5-3-4-6-8-18-2/h9-11,16H,3-8,15H2,1-2H3. The normalized spacial score (nSPS) is 10.3. The highest BCUT2D eigenvalue weighted by atomic mass is 32.2. The van der Waals surface area contributed by atoms with Gasteiger partial charge in [-0.15, -0.1) is 0 Å². The van der Waals surface area contributed by atoms with E-state index in [1.54, 1.807) is 7.11 Å². The predicted octanol–water partition coefficient (Wildman–Crippen LogP) is 3.61. The lowest BCUT2D eigenvalue weighted by atomic mass is 10.2. The maximum Gasteiger partial charge on any atom is 0.122 e. The maximum absolute atomic E-state index is 5.80. The Morgan fingerprint density at radius 2 is 1.94 bits per heavy atom. The van der Waals surface area contributed by atoms with Gasteiger partial charge in [0.15, 0.2) is 0 Å². The van der Waals surface area contributed by atoms with Crippen LogP contribution in [-0.4, -0.2) is 25.7 Å². The van der Waals surface area contributed by atoms with Gasteiger partial charge in [-0.3, -0.25) is 0 Å². The SMILES string of the molecule is COc1cc(N)cc(NCCCCCCSC)c1. The summed E-state index contributed by atoms with van der Waals surface area (Å²) in [6.07, 6.45) is 7.29. The predicted molar refractivity (Wildman–Crippen MR) is 82.7 cm³/mol. The number of rotatable bonds is 9. The number of unbranched alkanes of at least 4 members (excludes halogenated alkanes) is 3. The van der Waals surface area contributed by atoms with Gasteiger partial charge in [0.25, 0.3) is 0 Å². The summed E-state index contributed by atoms with van der Waals surface area (Å²) in [5.41, 5.74) is 7.57. The minimum Gasteiger partial charge on any atom is -0.497 e. The number of ether oxygens (including phenoxy) is 1. The molecule has 0 aromatic heterocycles. The molecule has 0 aliphatic carbocycles. The van der Waals surface area contributed by atoms with E-state index in [0.29, 0.717) is 0 Å². The molecule has 0 saturated carbocycles. The third-order valence-corrected chi connectivity index (χ3v) is 3.47. The van der Waals surface area contributed by atoms with E-state index >= 15 is 0 Å². The second kappa shape index (κ2) is 8.97. The number of anilines is 2. The average Bonchev–Trinajstić information content (AvgIpc) is 2.37. The lowest BCUT2D eigenvalue weighted by Gasteiger charge is -2.09. The van der Waals surface area contributed by atoms with E-state index in [-0.39, 0.29) is 0 Å². The van der Waals surface area contributed by atoms with E-state index in [4.69, 9.17) is 10.5 Å². The molecular weight excluding hydrogens is 244 g/mol. The number of nitrogens with one attached hydrogen (secondary N) is 1. The zero-order chi connectivity index (χ0) is 13.2. The summed E-state index contributed by atoms with van der Waals surface area (Å²) in [5.74, 6) is 2.08. The van der Waals surface area contributed by atoms with Crippen molar-refractivity contribution in [2.45, 2.75) is 25.7 Å². The van der Waals surface area contributed by atoms with Gasteiger partial charge in [0.1, 0.15) is 5.75 Å². The first-order valence-electron chi connectivity index (χ1n) is 6.43. The Balaban J connectivity index is 2.20. The molecule has 4 heteroatoms. The summed E-state index contributed by atoms with van der Waals surface area (Å²) >= 11 is 1.92. The molecule has 0 saturated heterocycles. The van der Waals surface area contributed by atoms with Crippen LogP contribution in [0.3, 0.4) is 0 Å². The molecule has 3 nitrogen and oxygen atoms in total. The molecule has 0 atom stereocenters. The summed E-state index contributed by atoms with van der Waals surface area (Å²) in [5, 5.41) is 3.39. The van der Waals surface area contributed by atoms with Crippen molar-refractivity contribution in [2.75, 3.05) is 36.7 Å². The molecule has 0 unspecified atom stereocenters. The molecular formula is C14H24N2OS. The fourth-order valence-corrected chi connectivity index (χ4v) is 2.29. The first-order valence-corrected chi connectivity index (χ1v) is 7.83. The minimum absolute atomic E-state index is 0.733. The molecule has 1 aromatic carbocycles. The first-order chi connectivity index (χ1) is 8.76. The third-order valence-electron chi connectivity index (χ3n) is 2.77. The Hall–Kier alpha value is -1.03. The van der Waals surface area contributed by atoms with Crippen molar-refractivity contribution in [3.05, 3.63) is 18.2 Å². The van der Waals surface area contributed by atoms with Gasteiger partial charge in [-0.25, -0.2) is 0 Å². The number of benzene rings is 1. The summed E-state index contributed by atoms with van der Waals surface area (Å²) in [6, 6.07) is 5.74. The molecule has 102 valence electrons. The Morgan fingerprint density at radius 3 is 2.67 bits per heavy atom. The molecule has 0 aliphatic rings. The van der Waals surface area contributed by atoms with Crippen LogP contribution in [0.5, 0.6) is 5.75 Å². The van der Waals surface area contributed by atoms with E-state index in [9.17, 15) is 0 Å². The molecule has 1 rings (SSSR count). The third kappa shape index (κ3) is 6.05. The fourth-order valence-electron chi connectivity index (χ4n) is 1.80. The molecule has 3 N–H and O–H groups in total. The first kappa shape index (κ1) is 15.0. The zero-order valence-corrected chi connectivity index (χ0v) is 12.2. The highest BCUT2D eigenvalue weighted by Crippen LogP contribution is 2.22. The van der Waals surface area contributed by atoms with Crippen molar-refractivity contribution in [3.63, 3.8) is 0 Å². The quantitative estimate of drug-likeness (QED) is 0.530.